The second kappa shape index (κ2) is 5.46. The molecule has 3 nitrogen and oxygen atoms in total. The average molecular weight is 227 g/mol. The van der Waals surface area contributed by atoms with E-state index in [2.05, 4.69) is 26.1 Å². The van der Waals surface area contributed by atoms with Crippen LogP contribution >= 0.6 is 0 Å². The van der Waals surface area contributed by atoms with Crippen molar-refractivity contribution in [1.82, 2.24) is 5.32 Å². The molecule has 1 N–H and O–H groups in total. The van der Waals surface area contributed by atoms with E-state index in [1.807, 2.05) is 0 Å². The van der Waals surface area contributed by atoms with Crippen molar-refractivity contribution in [2.45, 2.75) is 54.4 Å². The third-order valence-corrected chi connectivity index (χ3v) is 2.28. The number of carbonyl (C=O) groups excluding carboxylic acids is 2. The molecule has 0 saturated carbocycles. The predicted molar refractivity (Wildman–Crippen MR) is 66.2 cm³/mol. The largest absolute Gasteiger partial charge is 0.349 e. The van der Waals surface area contributed by atoms with Gasteiger partial charge in [-0.25, -0.2) is 0 Å². The Morgan fingerprint density at radius 1 is 1.00 bits per heavy atom. The fraction of sp³-hybridized carbons (Fsp3) is 0.846. The van der Waals surface area contributed by atoms with Crippen LogP contribution in [0.25, 0.3) is 0 Å². The van der Waals surface area contributed by atoms with Crippen LogP contribution in [0.1, 0.15) is 54.4 Å². The lowest BCUT2D eigenvalue weighted by molar-refractivity contribution is -0.142. The van der Waals surface area contributed by atoms with Gasteiger partial charge in [-0.1, -0.05) is 41.5 Å². The molecule has 0 aromatic heterocycles. The van der Waals surface area contributed by atoms with Crippen LogP contribution in [0.4, 0.5) is 0 Å². The number of ketones is 1. The number of hydrogen-bond acceptors (Lipinski definition) is 2. The third kappa shape index (κ3) is 6.59. The molecule has 0 unspecified atom stereocenters. The van der Waals surface area contributed by atoms with E-state index >= 15 is 0 Å². The molecule has 16 heavy (non-hydrogen) atoms. The first-order valence-corrected chi connectivity index (χ1v) is 5.87. The van der Waals surface area contributed by atoms with E-state index in [0.717, 1.165) is 12.8 Å². The molecule has 0 fully saturated rings. The molecule has 0 bridgehead atoms. The van der Waals surface area contributed by atoms with Crippen LogP contribution in [-0.4, -0.2) is 18.2 Å². The summed E-state index contributed by atoms with van der Waals surface area (Å²) in [4.78, 5) is 23.0. The Kier molecular flexibility index (Phi) is 5.17. The summed E-state index contributed by atoms with van der Waals surface area (Å²) in [5.74, 6) is -0.801. The topological polar surface area (TPSA) is 46.2 Å². The number of nitrogens with one attached hydrogen (secondary N) is 1. The summed E-state index contributed by atoms with van der Waals surface area (Å²) >= 11 is 0. The maximum Gasteiger partial charge on any atom is 0.287 e. The summed E-state index contributed by atoms with van der Waals surface area (Å²) in [5.41, 5.74) is -0.313. The van der Waals surface area contributed by atoms with Gasteiger partial charge in [0, 0.05) is 12.0 Å². The van der Waals surface area contributed by atoms with Crippen molar-refractivity contribution in [1.29, 1.82) is 0 Å². The van der Waals surface area contributed by atoms with E-state index in [4.69, 9.17) is 0 Å². The van der Waals surface area contributed by atoms with Gasteiger partial charge >= 0.3 is 0 Å². The molecule has 0 aliphatic rings. The quantitative estimate of drug-likeness (QED) is 0.592. The maximum absolute atomic E-state index is 11.5. The lowest BCUT2D eigenvalue weighted by atomic mass is 9.89. The molecule has 0 aromatic rings. The zero-order valence-corrected chi connectivity index (χ0v) is 11.4. The van der Waals surface area contributed by atoms with E-state index in [1.165, 1.54) is 0 Å². The Morgan fingerprint density at radius 2 is 1.50 bits per heavy atom. The summed E-state index contributed by atoms with van der Waals surface area (Å²) in [6.07, 6.45) is 1.95. The van der Waals surface area contributed by atoms with Crippen LogP contribution < -0.4 is 5.32 Å². The van der Waals surface area contributed by atoms with Crippen LogP contribution in [0.3, 0.4) is 0 Å². The maximum atomic E-state index is 11.5. The zero-order chi connectivity index (χ0) is 13.0. The molecule has 0 heterocycles. The van der Waals surface area contributed by atoms with Crippen molar-refractivity contribution in [2.75, 3.05) is 6.54 Å². The average Bonchev–Trinajstić information content (AvgIpc) is 2.07. The van der Waals surface area contributed by atoms with Crippen LogP contribution in [-0.2, 0) is 9.59 Å². The monoisotopic (exact) mass is 227 g/mol. The molecule has 0 spiro atoms. The molecule has 0 rings (SSSR count). The van der Waals surface area contributed by atoms with E-state index in [-0.39, 0.29) is 11.2 Å². The van der Waals surface area contributed by atoms with Crippen molar-refractivity contribution in [2.24, 2.45) is 10.8 Å². The normalized spacial score (nSPS) is 12.4. The number of amides is 1. The van der Waals surface area contributed by atoms with E-state index in [1.54, 1.807) is 20.8 Å². The highest BCUT2D eigenvalue weighted by atomic mass is 16.2. The predicted octanol–water partition coefficient (Wildman–Crippen LogP) is 2.54. The van der Waals surface area contributed by atoms with Gasteiger partial charge in [0.15, 0.2) is 0 Å². The molecule has 1 amide bonds. The molecule has 0 aliphatic carbocycles. The minimum atomic E-state index is -0.589. The number of hydrogen-bond donors (Lipinski definition) is 1. The van der Waals surface area contributed by atoms with Gasteiger partial charge < -0.3 is 5.32 Å². The highest BCUT2D eigenvalue weighted by Crippen LogP contribution is 2.20. The first kappa shape index (κ1) is 15.1. The third-order valence-electron chi connectivity index (χ3n) is 2.28. The Labute approximate surface area is 99.0 Å². The molecule has 3 heteroatoms. The zero-order valence-electron chi connectivity index (χ0n) is 11.4. The summed E-state index contributed by atoms with van der Waals surface area (Å²) in [5, 5.41) is 2.67. The summed E-state index contributed by atoms with van der Waals surface area (Å²) < 4.78 is 0. The molecular formula is C13H25NO2. The SMILES string of the molecule is CC(C)(C)CCCNC(=O)C(=O)C(C)(C)C. The second-order valence-corrected chi connectivity index (χ2v) is 6.50. The van der Waals surface area contributed by atoms with Crippen molar-refractivity contribution in [3.05, 3.63) is 0 Å². The molecule has 94 valence electrons. The van der Waals surface area contributed by atoms with Crippen LogP contribution in [0, 0.1) is 10.8 Å². The molecule has 0 atom stereocenters. The van der Waals surface area contributed by atoms with Gasteiger partial charge in [0.05, 0.1) is 0 Å². The van der Waals surface area contributed by atoms with Crippen LogP contribution in [0.15, 0.2) is 0 Å². The van der Waals surface area contributed by atoms with Crippen molar-refractivity contribution >= 4 is 11.7 Å². The lowest BCUT2D eigenvalue weighted by Crippen LogP contribution is -2.38. The first-order chi connectivity index (χ1) is 7.04. The van der Waals surface area contributed by atoms with Gasteiger partial charge in [0.25, 0.3) is 5.91 Å². The van der Waals surface area contributed by atoms with E-state index in [0.29, 0.717) is 6.54 Å². The van der Waals surface area contributed by atoms with Gasteiger partial charge in [-0.3, -0.25) is 9.59 Å². The van der Waals surface area contributed by atoms with Gasteiger partial charge in [-0.05, 0) is 18.3 Å². The van der Waals surface area contributed by atoms with Gasteiger partial charge in [0.1, 0.15) is 0 Å². The minimum absolute atomic E-state index is 0.277. The molecule has 0 aliphatic heterocycles. The van der Waals surface area contributed by atoms with E-state index in [9.17, 15) is 9.59 Å². The van der Waals surface area contributed by atoms with Crippen molar-refractivity contribution in [3.8, 4) is 0 Å². The highest BCUT2D eigenvalue weighted by molar-refractivity contribution is 6.37. The Bertz CT molecular complexity index is 256. The number of rotatable bonds is 4. The van der Waals surface area contributed by atoms with Crippen molar-refractivity contribution in [3.63, 3.8) is 0 Å². The van der Waals surface area contributed by atoms with Crippen LogP contribution in [0.5, 0.6) is 0 Å². The van der Waals surface area contributed by atoms with Gasteiger partial charge in [-0.2, -0.15) is 0 Å². The lowest BCUT2D eigenvalue weighted by Gasteiger charge is -2.19. The Balaban J connectivity index is 3.88. The molecule has 0 radical (unpaired) electrons. The summed E-state index contributed by atoms with van der Waals surface area (Å²) in [7, 11) is 0. The molecular weight excluding hydrogens is 202 g/mol. The Morgan fingerprint density at radius 3 is 1.88 bits per heavy atom. The highest BCUT2D eigenvalue weighted by Gasteiger charge is 2.27. The summed E-state index contributed by atoms with van der Waals surface area (Å²) in [6.45, 7) is 12.3. The van der Waals surface area contributed by atoms with Gasteiger partial charge in [-0.15, -0.1) is 0 Å². The Hall–Kier alpha value is -0.860. The standard InChI is InChI=1S/C13H25NO2/c1-12(2,3)8-7-9-14-11(16)10(15)13(4,5)6/h7-9H2,1-6H3,(H,14,16). The first-order valence-electron chi connectivity index (χ1n) is 5.87. The fourth-order valence-corrected chi connectivity index (χ4v) is 1.24. The van der Waals surface area contributed by atoms with Crippen molar-refractivity contribution < 1.29 is 9.59 Å². The van der Waals surface area contributed by atoms with Gasteiger partial charge in [0.2, 0.25) is 5.78 Å². The minimum Gasteiger partial charge on any atom is -0.349 e. The summed E-state index contributed by atoms with van der Waals surface area (Å²) in [6, 6.07) is 0. The second-order valence-electron chi connectivity index (χ2n) is 6.50. The smallest absolute Gasteiger partial charge is 0.287 e. The number of Topliss-reactive ketones (excluding diaryl/α,β-unsaturated/α-hetero) is 1. The molecule has 0 saturated heterocycles. The number of carbonyl (C=O) groups is 2. The fourth-order valence-electron chi connectivity index (χ4n) is 1.24. The van der Waals surface area contributed by atoms with Crippen LogP contribution in [0.2, 0.25) is 0 Å². The van der Waals surface area contributed by atoms with E-state index < -0.39 is 11.3 Å². The molecule has 0 aromatic carbocycles.